The quantitative estimate of drug-likeness (QED) is 0.702. The van der Waals surface area contributed by atoms with Gasteiger partial charge in [-0.3, -0.25) is 4.79 Å². The highest BCUT2D eigenvalue weighted by Gasteiger charge is 2.38. The average molecular weight is 213 g/mol. The molecular formula is C8H14F3NO2. The molecule has 0 aromatic rings. The second-order valence-corrected chi connectivity index (χ2v) is 3.03. The van der Waals surface area contributed by atoms with Gasteiger partial charge in [-0.15, -0.1) is 0 Å². The Morgan fingerprint density at radius 1 is 1.43 bits per heavy atom. The zero-order valence-electron chi connectivity index (χ0n) is 8.15. The molecule has 1 N–H and O–H groups in total. The van der Waals surface area contributed by atoms with Crippen molar-refractivity contribution in [1.82, 2.24) is 5.32 Å². The third-order valence-corrected chi connectivity index (χ3v) is 1.32. The van der Waals surface area contributed by atoms with Crippen LogP contribution >= 0.6 is 0 Å². The van der Waals surface area contributed by atoms with Gasteiger partial charge in [0, 0.05) is 13.2 Å². The van der Waals surface area contributed by atoms with E-state index in [1.807, 2.05) is 13.8 Å². The molecular weight excluding hydrogens is 199 g/mol. The maximum Gasteiger partial charge on any atom is 0.471 e. The minimum atomic E-state index is -4.79. The molecule has 1 amide bonds. The van der Waals surface area contributed by atoms with E-state index in [1.54, 1.807) is 5.32 Å². The molecule has 0 rings (SSSR count). The number of amides is 1. The second kappa shape index (κ2) is 5.85. The molecule has 6 heteroatoms. The Hall–Kier alpha value is -0.780. The van der Waals surface area contributed by atoms with Crippen LogP contribution in [0.2, 0.25) is 0 Å². The van der Waals surface area contributed by atoms with E-state index in [0.29, 0.717) is 13.0 Å². The van der Waals surface area contributed by atoms with Crippen molar-refractivity contribution < 1.29 is 22.7 Å². The number of alkyl halides is 3. The zero-order chi connectivity index (χ0) is 11.2. The third kappa shape index (κ3) is 6.71. The molecule has 0 heterocycles. The first kappa shape index (κ1) is 13.2. The van der Waals surface area contributed by atoms with Crippen LogP contribution in [0.5, 0.6) is 0 Å². The van der Waals surface area contributed by atoms with E-state index in [0.717, 1.165) is 0 Å². The summed E-state index contributed by atoms with van der Waals surface area (Å²) in [6.45, 7) is 3.98. The van der Waals surface area contributed by atoms with Gasteiger partial charge in [-0.25, -0.2) is 0 Å². The molecule has 0 saturated heterocycles. The van der Waals surface area contributed by atoms with Crippen molar-refractivity contribution in [3.05, 3.63) is 0 Å². The van der Waals surface area contributed by atoms with Gasteiger partial charge in [0.25, 0.3) is 0 Å². The van der Waals surface area contributed by atoms with Crippen LogP contribution in [0.25, 0.3) is 0 Å². The molecule has 0 aliphatic carbocycles. The fraction of sp³-hybridized carbons (Fsp3) is 0.875. The van der Waals surface area contributed by atoms with Gasteiger partial charge in [0.05, 0.1) is 6.10 Å². The van der Waals surface area contributed by atoms with E-state index in [1.165, 1.54) is 0 Å². The summed E-state index contributed by atoms with van der Waals surface area (Å²) in [4.78, 5) is 10.3. The summed E-state index contributed by atoms with van der Waals surface area (Å²) >= 11 is 0. The van der Waals surface area contributed by atoms with Gasteiger partial charge < -0.3 is 10.1 Å². The molecule has 14 heavy (non-hydrogen) atoms. The first-order valence-electron chi connectivity index (χ1n) is 4.30. The van der Waals surface area contributed by atoms with Crippen molar-refractivity contribution in [2.45, 2.75) is 32.5 Å². The standard InChI is InChI=1S/C8H14F3NO2/c1-6(2)14-5-3-4-12-7(13)8(9,10)11/h6H,3-5H2,1-2H3,(H,12,13). The van der Waals surface area contributed by atoms with Crippen molar-refractivity contribution >= 4 is 5.91 Å². The van der Waals surface area contributed by atoms with E-state index in [-0.39, 0.29) is 12.6 Å². The summed E-state index contributed by atoms with van der Waals surface area (Å²) in [5.41, 5.74) is 0. The number of hydrogen-bond acceptors (Lipinski definition) is 2. The molecule has 0 aromatic carbocycles. The molecule has 3 nitrogen and oxygen atoms in total. The molecule has 0 radical (unpaired) electrons. The summed E-state index contributed by atoms with van der Waals surface area (Å²) in [6.07, 6.45) is -4.37. The molecule has 0 spiro atoms. The predicted molar refractivity (Wildman–Crippen MR) is 44.8 cm³/mol. The second-order valence-electron chi connectivity index (χ2n) is 3.03. The van der Waals surface area contributed by atoms with Crippen molar-refractivity contribution in [2.75, 3.05) is 13.2 Å². The number of nitrogens with one attached hydrogen (secondary N) is 1. The SMILES string of the molecule is CC(C)OCCCNC(=O)C(F)(F)F. The van der Waals surface area contributed by atoms with E-state index in [4.69, 9.17) is 4.74 Å². The molecule has 0 aliphatic rings. The highest BCUT2D eigenvalue weighted by molar-refractivity contribution is 5.81. The maximum atomic E-state index is 11.6. The minimum absolute atomic E-state index is 0.0228. The van der Waals surface area contributed by atoms with Crippen molar-refractivity contribution in [3.63, 3.8) is 0 Å². The predicted octanol–water partition coefficient (Wildman–Crippen LogP) is 1.48. The lowest BCUT2D eigenvalue weighted by Crippen LogP contribution is -2.37. The van der Waals surface area contributed by atoms with E-state index >= 15 is 0 Å². The number of halogens is 3. The van der Waals surface area contributed by atoms with Gasteiger partial charge in [-0.1, -0.05) is 0 Å². The molecule has 0 unspecified atom stereocenters. The Labute approximate surface area is 80.6 Å². The van der Waals surface area contributed by atoms with Crippen LogP contribution in [0.1, 0.15) is 20.3 Å². The smallest absolute Gasteiger partial charge is 0.379 e. The number of carbonyl (C=O) groups is 1. The lowest BCUT2D eigenvalue weighted by atomic mass is 10.4. The van der Waals surface area contributed by atoms with Crippen LogP contribution in [-0.4, -0.2) is 31.3 Å². The Balaban J connectivity index is 3.42. The van der Waals surface area contributed by atoms with Crippen LogP contribution in [0, 0.1) is 0 Å². The zero-order valence-corrected chi connectivity index (χ0v) is 8.15. The van der Waals surface area contributed by atoms with Crippen LogP contribution in [0.15, 0.2) is 0 Å². The summed E-state index contributed by atoms with van der Waals surface area (Å²) < 4.78 is 40.0. The van der Waals surface area contributed by atoms with Crippen LogP contribution in [-0.2, 0) is 9.53 Å². The van der Waals surface area contributed by atoms with E-state index in [2.05, 4.69) is 0 Å². The Bertz CT molecular complexity index is 180. The largest absolute Gasteiger partial charge is 0.471 e. The summed E-state index contributed by atoms with van der Waals surface area (Å²) in [5, 5.41) is 1.75. The van der Waals surface area contributed by atoms with Gasteiger partial charge >= 0.3 is 12.1 Å². The van der Waals surface area contributed by atoms with Crippen molar-refractivity contribution in [3.8, 4) is 0 Å². The molecule has 0 aromatic heterocycles. The number of rotatable bonds is 5. The Kier molecular flexibility index (Phi) is 5.52. The van der Waals surface area contributed by atoms with Crippen molar-refractivity contribution in [1.29, 1.82) is 0 Å². The summed E-state index contributed by atoms with van der Waals surface area (Å²) in [7, 11) is 0. The molecule has 0 bridgehead atoms. The number of hydrogen-bond donors (Lipinski definition) is 1. The Morgan fingerprint density at radius 2 is 2.00 bits per heavy atom. The normalized spacial score (nSPS) is 11.9. The molecule has 0 aliphatic heterocycles. The minimum Gasteiger partial charge on any atom is -0.379 e. The lowest BCUT2D eigenvalue weighted by Gasteiger charge is -2.09. The van der Waals surface area contributed by atoms with Gasteiger partial charge in [0.15, 0.2) is 0 Å². The lowest BCUT2D eigenvalue weighted by molar-refractivity contribution is -0.173. The van der Waals surface area contributed by atoms with Crippen LogP contribution in [0.4, 0.5) is 13.2 Å². The van der Waals surface area contributed by atoms with Gasteiger partial charge in [0.1, 0.15) is 0 Å². The molecule has 0 saturated carbocycles. The number of ether oxygens (including phenoxy) is 1. The fourth-order valence-electron chi connectivity index (χ4n) is 0.693. The third-order valence-electron chi connectivity index (χ3n) is 1.32. The highest BCUT2D eigenvalue weighted by Crippen LogP contribution is 2.13. The van der Waals surface area contributed by atoms with Crippen molar-refractivity contribution in [2.24, 2.45) is 0 Å². The highest BCUT2D eigenvalue weighted by atomic mass is 19.4. The summed E-state index contributed by atoms with van der Waals surface area (Å²) in [5.74, 6) is -1.90. The maximum absolute atomic E-state index is 11.6. The molecule has 84 valence electrons. The summed E-state index contributed by atoms with van der Waals surface area (Å²) in [6, 6.07) is 0. The number of carbonyl (C=O) groups excluding carboxylic acids is 1. The first-order valence-corrected chi connectivity index (χ1v) is 4.30. The van der Waals surface area contributed by atoms with Gasteiger partial charge in [-0.05, 0) is 20.3 Å². The van der Waals surface area contributed by atoms with E-state index < -0.39 is 12.1 Å². The topological polar surface area (TPSA) is 38.3 Å². The van der Waals surface area contributed by atoms with Gasteiger partial charge in [-0.2, -0.15) is 13.2 Å². The van der Waals surface area contributed by atoms with Gasteiger partial charge in [0.2, 0.25) is 0 Å². The molecule has 0 atom stereocenters. The molecule has 0 fully saturated rings. The van der Waals surface area contributed by atoms with E-state index in [9.17, 15) is 18.0 Å². The Morgan fingerprint density at radius 3 is 2.43 bits per heavy atom. The monoisotopic (exact) mass is 213 g/mol. The fourth-order valence-corrected chi connectivity index (χ4v) is 0.693. The average Bonchev–Trinajstić information content (AvgIpc) is 2.01. The van der Waals surface area contributed by atoms with Crippen LogP contribution in [0.3, 0.4) is 0 Å². The first-order chi connectivity index (χ1) is 6.34. The van der Waals surface area contributed by atoms with Crippen LogP contribution < -0.4 is 5.32 Å².